The Morgan fingerprint density at radius 3 is 2.37 bits per heavy atom. The number of nitrogens with one attached hydrogen (secondary N) is 1. The van der Waals surface area contributed by atoms with Crippen LogP contribution >= 0.6 is 11.6 Å². The van der Waals surface area contributed by atoms with Gasteiger partial charge in [-0.3, -0.25) is 9.69 Å². The third-order valence-corrected chi connectivity index (χ3v) is 9.57. The Bertz CT molecular complexity index is 1160. The molecule has 4 bridgehead atoms. The zero-order valence-corrected chi connectivity index (χ0v) is 22.2. The lowest BCUT2D eigenvalue weighted by Crippen LogP contribution is -2.66. The van der Waals surface area contributed by atoms with Gasteiger partial charge in [0.25, 0.3) is 0 Å². The van der Waals surface area contributed by atoms with Crippen LogP contribution in [-0.2, 0) is 11.0 Å². The van der Waals surface area contributed by atoms with Crippen LogP contribution in [0.25, 0.3) is 0 Å². The first-order valence-corrected chi connectivity index (χ1v) is 13.4. The van der Waals surface area contributed by atoms with Crippen molar-refractivity contribution >= 4 is 29.2 Å². The number of aromatic nitrogens is 1. The van der Waals surface area contributed by atoms with Gasteiger partial charge in [-0.15, -0.1) is 0 Å². The third-order valence-electron chi connectivity index (χ3n) is 9.29. The molecule has 0 aromatic carbocycles. The molecule has 2 N–H and O–H groups in total. The summed E-state index contributed by atoms with van der Waals surface area (Å²) in [7, 11) is 0. The summed E-state index contributed by atoms with van der Waals surface area (Å²) in [5, 5.41) is 23.0. The second kappa shape index (κ2) is 9.56. The largest absolute Gasteiger partial charge is 0.481 e. The number of rotatable bonds is 5. The summed E-state index contributed by atoms with van der Waals surface area (Å²) < 4.78 is 39.0. The molecule has 5 fully saturated rings. The highest BCUT2D eigenvalue weighted by Crippen LogP contribution is 2.60. The van der Waals surface area contributed by atoms with Gasteiger partial charge in [0, 0.05) is 38.4 Å². The van der Waals surface area contributed by atoms with Crippen molar-refractivity contribution in [3.05, 3.63) is 22.8 Å². The Hall–Kier alpha value is -2.58. The van der Waals surface area contributed by atoms with Gasteiger partial charge < -0.3 is 15.3 Å². The van der Waals surface area contributed by atoms with Crippen molar-refractivity contribution in [2.45, 2.75) is 63.7 Å². The number of nitriles is 1. The first-order chi connectivity index (χ1) is 17.8. The molecule has 0 amide bonds. The van der Waals surface area contributed by atoms with Crippen molar-refractivity contribution in [1.29, 1.82) is 5.26 Å². The van der Waals surface area contributed by atoms with Crippen molar-refractivity contribution in [1.82, 2.24) is 15.2 Å². The summed E-state index contributed by atoms with van der Waals surface area (Å²) in [6.45, 7) is 6.14. The Morgan fingerprint density at radius 2 is 1.84 bits per heavy atom. The van der Waals surface area contributed by atoms with Gasteiger partial charge in [-0.25, -0.2) is 4.98 Å². The second-order valence-corrected chi connectivity index (χ2v) is 12.3. The van der Waals surface area contributed by atoms with Gasteiger partial charge in [0.1, 0.15) is 11.7 Å². The number of carboxylic acids is 1. The highest BCUT2D eigenvalue weighted by atomic mass is 35.5. The fourth-order valence-electron chi connectivity index (χ4n) is 7.52. The molecule has 8 nitrogen and oxygen atoms in total. The molecular formula is C26H32ClF3N6O2. The average molecular weight is 553 g/mol. The van der Waals surface area contributed by atoms with Crippen LogP contribution in [0.5, 0.6) is 0 Å². The quantitative estimate of drug-likeness (QED) is 0.317. The number of hydrogen-bond acceptors (Lipinski definition) is 6. The number of amidine groups is 1. The molecular weight excluding hydrogens is 521 g/mol. The fourth-order valence-corrected chi connectivity index (χ4v) is 7.81. The maximum Gasteiger partial charge on any atom is 0.417 e. The van der Waals surface area contributed by atoms with Crippen LogP contribution in [0, 0.1) is 34.6 Å². The average Bonchev–Trinajstić information content (AvgIpc) is 2.84. The number of aliphatic imine (C=N–C) groups is 1. The number of pyridine rings is 1. The highest BCUT2D eigenvalue weighted by molar-refractivity contribution is 6.33. The topological polar surface area (TPSA) is 105 Å². The molecule has 2 unspecified atom stereocenters. The van der Waals surface area contributed by atoms with Crippen LogP contribution in [0.3, 0.4) is 0 Å². The van der Waals surface area contributed by atoms with Crippen molar-refractivity contribution in [3.8, 4) is 6.19 Å². The predicted octanol–water partition coefficient (Wildman–Crippen LogP) is 4.40. The van der Waals surface area contributed by atoms with Gasteiger partial charge in [-0.1, -0.05) is 11.6 Å². The minimum Gasteiger partial charge on any atom is -0.481 e. The molecule has 1 aromatic rings. The lowest BCUT2D eigenvalue weighted by molar-refractivity contribution is -0.166. The molecule has 1 aromatic heterocycles. The maximum absolute atomic E-state index is 13.0. The molecule has 4 saturated carbocycles. The number of halogens is 4. The minimum absolute atomic E-state index is 0.0399. The van der Waals surface area contributed by atoms with E-state index in [-0.39, 0.29) is 22.9 Å². The molecule has 206 valence electrons. The molecule has 5 aliphatic rings. The number of piperazine rings is 1. The fraction of sp³-hybridized carbons (Fsp3) is 0.692. The van der Waals surface area contributed by atoms with Crippen LogP contribution in [0.15, 0.2) is 17.3 Å². The number of hydrogen-bond donors (Lipinski definition) is 2. The third kappa shape index (κ3) is 4.70. The van der Waals surface area contributed by atoms with E-state index in [1.54, 1.807) is 0 Å². The van der Waals surface area contributed by atoms with E-state index in [1.165, 1.54) is 0 Å². The number of carbonyl (C=O) groups is 1. The summed E-state index contributed by atoms with van der Waals surface area (Å²) in [5.41, 5.74) is -2.10. The monoisotopic (exact) mass is 552 g/mol. The van der Waals surface area contributed by atoms with Gasteiger partial charge in [0.05, 0.1) is 21.5 Å². The smallest absolute Gasteiger partial charge is 0.417 e. The minimum atomic E-state index is -4.51. The summed E-state index contributed by atoms with van der Waals surface area (Å²) in [6, 6.07) is 0.989. The van der Waals surface area contributed by atoms with E-state index < -0.39 is 28.7 Å². The number of anilines is 1. The Kier molecular flexibility index (Phi) is 6.79. The first kappa shape index (κ1) is 27.0. The van der Waals surface area contributed by atoms with Crippen LogP contribution < -0.4 is 10.2 Å². The van der Waals surface area contributed by atoms with E-state index in [0.29, 0.717) is 56.6 Å². The van der Waals surface area contributed by atoms with Crippen molar-refractivity contribution < 1.29 is 23.1 Å². The molecule has 0 spiro atoms. The van der Waals surface area contributed by atoms with E-state index in [9.17, 15) is 28.3 Å². The summed E-state index contributed by atoms with van der Waals surface area (Å²) in [6.07, 6.45) is 2.34. The van der Waals surface area contributed by atoms with Crippen molar-refractivity contribution in [3.63, 3.8) is 0 Å². The first-order valence-electron chi connectivity index (χ1n) is 13.0. The number of alkyl halides is 3. The molecule has 1 aliphatic heterocycles. The van der Waals surface area contributed by atoms with E-state index in [0.717, 1.165) is 31.5 Å². The molecule has 6 rings (SSSR count). The zero-order valence-electron chi connectivity index (χ0n) is 21.4. The van der Waals surface area contributed by atoms with Gasteiger partial charge in [-0.2, -0.15) is 23.4 Å². The zero-order chi connectivity index (χ0) is 27.5. The molecule has 38 heavy (non-hydrogen) atoms. The van der Waals surface area contributed by atoms with Crippen LogP contribution in [0.1, 0.15) is 51.5 Å². The Morgan fingerprint density at radius 1 is 1.21 bits per heavy atom. The number of nitrogens with zero attached hydrogens (tertiary/aromatic N) is 5. The maximum atomic E-state index is 13.0. The van der Waals surface area contributed by atoms with Gasteiger partial charge in [-0.05, 0) is 69.8 Å². The van der Waals surface area contributed by atoms with E-state index in [2.05, 4.69) is 20.2 Å². The Balaban J connectivity index is 1.27. The highest BCUT2D eigenvalue weighted by Gasteiger charge is 2.59. The van der Waals surface area contributed by atoms with Crippen molar-refractivity contribution in [2.24, 2.45) is 28.2 Å². The second-order valence-electron chi connectivity index (χ2n) is 11.8. The number of carboxylic acid groups (broad SMARTS) is 1. The summed E-state index contributed by atoms with van der Waals surface area (Å²) >= 11 is 6.16. The molecule has 2 atom stereocenters. The number of aliphatic carboxylic acids is 1. The molecule has 12 heteroatoms. The van der Waals surface area contributed by atoms with Crippen LogP contribution in [-0.4, -0.2) is 64.6 Å². The lowest BCUT2D eigenvalue weighted by atomic mass is 9.48. The SMILES string of the molecule is CC(C)(/C(=N/C#N)NC1C2CC3CC1CC(C(=O)O)(C3)C2)N1CCN(c2ncc(C(F)(F)F)cc2Cl)CC1. The van der Waals surface area contributed by atoms with Gasteiger partial charge in [0.15, 0.2) is 0 Å². The molecule has 0 radical (unpaired) electrons. The lowest BCUT2D eigenvalue weighted by Gasteiger charge is -2.59. The molecule has 1 saturated heterocycles. The van der Waals surface area contributed by atoms with Gasteiger partial charge >= 0.3 is 12.1 Å². The van der Waals surface area contributed by atoms with E-state index in [1.807, 2.05) is 24.9 Å². The normalized spacial score (nSPS) is 31.8. The Labute approximate surface area is 224 Å². The van der Waals surface area contributed by atoms with Gasteiger partial charge in [0.2, 0.25) is 6.19 Å². The van der Waals surface area contributed by atoms with E-state index in [4.69, 9.17) is 11.6 Å². The standard InChI is InChI=1S/C26H32ClF3N6O2/c1-24(2,36-5-3-35(4-6-36)21-19(27)9-18(13-32-21)26(28,29)30)22(33-14-31)34-20-16-7-15-8-17(20)12-25(10-15,11-16)23(37)38/h9,13,15-17,20H,3-8,10-12H2,1-2H3,(H,33,34)(H,37,38). The predicted molar refractivity (Wildman–Crippen MR) is 136 cm³/mol. The van der Waals surface area contributed by atoms with Crippen LogP contribution in [0.4, 0.5) is 19.0 Å². The molecule has 4 aliphatic carbocycles. The molecule has 2 heterocycles. The summed E-state index contributed by atoms with van der Waals surface area (Å²) in [5.74, 6) is 1.14. The summed E-state index contributed by atoms with van der Waals surface area (Å²) in [4.78, 5) is 24.4. The van der Waals surface area contributed by atoms with Crippen LogP contribution in [0.2, 0.25) is 5.02 Å². The van der Waals surface area contributed by atoms with Crippen molar-refractivity contribution in [2.75, 3.05) is 31.1 Å². The van der Waals surface area contributed by atoms with E-state index >= 15 is 0 Å².